The number of aromatic nitrogens is 2. The quantitative estimate of drug-likeness (QED) is 0.553. The maximum atomic E-state index is 11.9. The molecule has 0 aliphatic carbocycles. The van der Waals surface area contributed by atoms with Crippen LogP contribution in [0.2, 0.25) is 0 Å². The lowest BCUT2D eigenvalue weighted by molar-refractivity contribution is 0.0531. The molecule has 0 fully saturated rings. The molecule has 0 radical (unpaired) electrons. The number of hydrogen-bond acceptors (Lipinski definition) is 6. The maximum absolute atomic E-state index is 11.9. The lowest BCUT2D eigenvalue weighted by Crippen LogP contribution is -2.03. The summed E-state index contributed by atoms with van der Waals surface area (Å²) in [6, 6.07) is 11.7. The fourth-order valence-corrected chi connectivity index (χ4v) is 3.23. The summed E-state index contributed by atoms with van der Waals surface area (Å²) in [7, 11) is 0. The summed E-state index contributed by atoms with van der Waals surface area (Å²) in [5, 5.41) is 0.772. The Bertz CT molecular complexity index is 918. The van der Waals surface area contributed by atoms with Crippen LogP contribution in [-0.2, 0) is 11.3 Å². The second-order valence-corrected chi connectivity index (χ2v) is 6.76. The van der Waals surface area contributed by atoms with Gasteiger partial charge in [0.25, 0.3) is 0 Å². The first kappa shape index (κ1) is 18.8. The first-order valence-corrected chi connectivity index (χ1v) is 9.41. The molecule has 27 heavy (non-hydrogen) atoms. The van der Waals surface area contributed by atoms with Gasteiger partial charge < -0.3 is 9.47 Å². The number of aryl methyl sites for hydroxylation is 1. The molecule has 3 aromatic rings. The monoisotopic (exact) mass is 380 g/mol. The second-order valence-electron chi connectivity index (χ2n) is 5.73. The zero-order valence-electron chi connectivity index (χ0n) is 15.2. The third kappa shape index (κ3) is 5.24. The van der Waals surface area contributed by atoms with E-state index >= 15 is 0 Å². The van der Waals surface area contributed by atoms with E-state index in [0.717, 1.165) is 21.9 Å². The Balaban J connectivity index is 1.61. The SMILES string of the molecule is CCOC(=O)c1sc(/C=C/c2ccc(OCc3ccncc3)cc2)nc1C. The molecule has 5 nitrogen and oxygen atoms in total. The van der Waals surface area contributed by atoms with Crippen LogP contribution in [0.15, 0.2) is 48.8 Å². The van der Waals surface area contributed by atoms with Crippen molar-refractivity contribution in [3.05, 3.63) is 75.5 Å². The predicted octanol–water partition coefficient (Wildman–Crippen LogP) is 4.77. The van der Waals surface area contributed by atoms with E-state index < -0.39 is 0 Å². The van der Waals surface area contributed by atoms with Crippen LogP contribution in [0.5, 0.6) is 5.75 Å². The highest BCUT2D eigenvalue weighted by Gasteiger charge is 2.14. The number of esters is 1. The van der Waals surface area contributed by atoms with Crippen LogP contribution in [-0.4, -0.2) is 22.5 Å². The summed E-state index contributed by atoms with van der Waals surface area (Å²) in [6.07, 6.45) is 7.35. The van der Waals surface area contributed by atoms with Crippen LogP contribution in [0.4, 0.5) is 0 Å². The Labute approximate surface area is 162 Å². The van der Waals surface area contributed by atoms with Crippen LogP contribution in [0, 0.1) is 6.92 Å². The molecule has 0 bridgehead atoms. The van der Waals surface area contributed by atoms with E-state index in [1.165, 1.54) is 11.3 Å². The third-order valence-electron chi connectivity index (χ3n) is 3.73. The minimum absolute atomic E-state index is 0.317. The molecule has 1 aromatic carbocycles. The number of ether oxygens (including phenoxy) is 2. The molecule has 0 aliphatic heterocycles. The van der Waals surface area contributed by atoms with Crippen molar-refractivity contribution in [2.45, 2.75) is 20.5 Å². The van der Waals surface area contributed by atoms with Gasteiger partial charge in [0.05, 0.1) is 12.3 Å². The first-order chi connectivity index (χ1) is 13.2. The zero-order valence-corrected chi connectivity index (χ0v) is 16.0. The highest BCUT2D eigenvalue weighted by atomic mass is 32.1. The number of rotatable bonds is 7. The number of nitrogens with zero attached hydrogens (tertiary/aromatic N) is 2. The summed E-state index contributed by atoms with van der Waals surface area (Å²) in [6.45, 7) is 4.47. The van der Waals surface area contributed by atoms with Crippen molar-refractivity contribution < 1.29 is 14.3 Å². The summed E-state index contributed by atoms with van der Waals surface area (Å²) in [4.78, 5) is 20.8. The molecule has 0 saturated heterocycles. The van der Waals surface area contributed by atoms with E-state index in [0.29, 0.717) is 23.8 Å². The van der Waals surface area contributed by atoms with Gasteiger partial charge in [0, 0.05) is 12.4 Å². The lowest BCUT2D eigenvalue weighted by Gasteiger charge is -2.06. The second kappa shape index (κ2) is 9.09. The van der Waals surface area contributed by atoms with Gasteiger partial charge >= 0.3 is 5.97 Å². The van der Waals surface area contributed by atoms with Gasteiger partial charge in [-0.1, -0.05) is 18.2 Å². The van der Waals surface area contributed by atoms with E-state index in [1.807, 2.05) is 55.5 Å². The first-order valence-electron chi connectivity index (χ1n) is 8.60. The molecular formula is C21H20N2O3S. The van der Waals surface area contributed by atoms with Crippen LogP contribution in [0.3, 0.4) is 0 Å². The van der Waals surface area contributed by atoms with Crippen molar-refractivity contribution >= 4 is 29.5 Å². The fourth-order valence-electron chi connectivity index (χ4n) is 2.36. The van der Waals surface area contributed by atoms with E-state index in [4.69, 9.17) is 9.47 Å². The summed E-state index contributed by atoms with van der Waals surface area (Å²) >= 11 is 1.33. The Kier molecular flexibility index (Phi) is 6.33. The Morgan fingerprint density at radius 2 is 1.85 bits per heavy atom. The maximum Gasteiger partial charge on any atom is 0.350 e. The predicted molar refractivity (Wildman–Crippen MR) is 107 cm³/mol. The number of thiazole rings is 1. The lowest BCUT2D eigenvalue weighted by atomic mass is 10.2. The molecule has 138 valence electrons. The van der Waals surface area contributed by atoms with E-state index in [9.17, 15) is 4.79 Å². The molecule has 3 rings (SSSR count). The summed E-state index contributed by atoms with van der Waals surface area (Å²) in [5.74, 6) is 0.488. The standard InChI is InChI=1S/C21H20N2O3S/c1-3-25-21(24)20-15(2)23-19(27-20)9-6-16-4-7-18(8-5-16)26-14-17-10-12-22-13-11-17/h4-13H,3,14H2,1-2H3/b9-6+. The zero-order chi connectivity index (χ0) is 19.1. The Morgan fingerprint density at radius 3 is 2.56 bits per heavy atom. The van der Waals surface area contributed by atoms with Crippen molar-refractivity contribution in [2.75, 3.05) is 6.61 Å². The summed E-state index contributed by atoms with van der Waals surface area (Å²) in [5.41, 5.74) is 2.79. The van der Waals surface area contributed by atoms with Crippen LogP contribution >= 0.6 is 11.3 Å². The normalized spacial score (nSPS) is 10.9. The van der Waals surface area contributed by atoms with Crippen LogP contribution in [0.1, 0.15) is 38.4 Å². The van der Waals surface area contributed by atoms with Gasteiger partial charge in [-0.15, -0.1) is 11.3 Å². The largest absolute Gasteiger partial charge is 0.489 e. The molecule has 0 N–H and O–H groups in total. The minimum Gasteiger partial charge on any atom is -0.489 e. The van der Waals surface area contributed by atoms with Gasteiger partial charge in [-0.3, -0.25) is 4.98 Å². The van der Waals surface area contributed by atoms with E-state index in [1.54, 1.807) is 19.3 Å². The number of carbonyl (C=O) groups is 1. The molecule has 0 atom stereocenters. The molecule has 0 amide bonds. The number of carbonyl (C=O) groups excluding carboxylic acids is 1. The molecule has 2 aromatic heterocycles. The number of pyridine rings is 1. The molecular weight excluding hydrogens is 360 g/mol. The van der Waals surface area contributed by atoms with E-state index in [-0.39, 0.29) is 5.97 Å². The Morgan fingerprint density at radius 1 is 1.11 bits per heavy atom. The van der Waals surface area contributed by atoms with Crippen molar-refractivity contribution in [2.24, 2.45) is 0 Å². The highest BCUT2D eigenvalue weighted by Crippen LogP contribution is 2.22. The smallest absolute Gasteiger partial charge is 0.350 e. The van der Waals surface area contributed by atoms with Gasteiger partial charge in [-0.25, -0.2) is 9.78 Å². The summed E-state index contributed by atoms with van der Waals surface area (Å²) < 4.78 is 10.8. The van der Waals surface area contributed by atoms with E-state index in [2.05, 4.69) is 9.97 Å². The van der Waals surface area contributed by atoms with Gasteiger partial charge in [0.15, 0.2) is 0 Å². The van der Waals surface area contributed by atoms with Crippen molar-refractivity contribution in [3.8, 4) is 5.75 Å². The topological polar surface area (TPSA) is 61.3 Å². The van der Waals surface area contributed by atoms with Gasteiger partial charge in [-0.2, -0.15) is 0 Å². The molecule has 0 unspecified atom stereocenters. The number of hydrogen-bond donors (Lipinski definition) is 0. The molecule has 0 aliphatic rings. The average Bonchev–Trinajstić information content (AvgIpc) is 3.07. The van der Waals surface area contributed by atoms with Crippen molar-refractivity contribution in [1.29, 1.82) is 0 Å². The molecule has 6 heteroatoms. The van der Waals surface area contributed by atoms with Crippen molar-refractivity contribution in [3.63, 3.8) is 0 Å². The van der Waals surface area contributed by atoms with Gasteiger partial charge in [0.1, 0.15) is 22.2 Å². The average molecular weight is 380 g/mol. The Hall–Kier alpha value is -2.99. The van der Waals surface area contributed by atoms with Crippen molar-refractivity contribution in [1.82, 2.24) is 9.97 Å². The molecule has 0 spiro atoms. The third-order valence-corrected chi connectivity index (χ3v) is 4.83. The number of benzene rings is 1. The van der Waals surface area contributed by atoms with Crippen LogP contribution < -0.4 is 4.74 Å². The van der Waals surface area contributed by atoms with Gasteiger partial charge in [-0.05, 0) is 55.3 Å². The highest BCUT2D eigenvalue weighted by molar-refractivity contribution is 7.14. The van der Waals surface area contributed by atoms with Crippen LogP contribution in [0.25, 0.3) is 12.2 Å². The fraction of sp³-hybridized carbons (Fsp3) is 0.190. The molecule has 0 saturated carbocycles. The minimum atomic E-state index is -0.317. The van der Waals surface area contributed by atoms with Gasteiger partial charge in [0.2, 0.25) is 0 Å². The molecule has 2 heterocycles.